The Bertz CT molecular complexity index is 883. The lowest BCUT2D eigenvalue weighted by molar-refractivity contribution is -0.305. The Hall–Kier alpha value is -2.02. The summed E-state index contributed by atoms with van der Waals surface area (Å²) >= 11 is 1.75. The van der Waals surface area contributed by atoms with Gasteiger partial charge in [-0.15, -0.1) is 16.4 Å². The van der Waals surface area contributed by atoms with E-state index in [1.165, 1.54) is 23.3 Å². The van der Waals surface area contributed by atoms with Gasteiger partial charge in [0.05, 0.1) is 5.39 Å². The van der Waals surface area contributed by atoms with Gasteiger partial charge in [-0.25, -0.2) is 14.5 Å². The molecule has 0 amide bonds. The van der Waals surface area contributed by atoms with Crippen LogP contribution in [-0.2, 0) is 17.6 Å². The van der Waals surface area contributed by atoms with Crippen LogP contribution in [0.5, 0.6) is 0 Å². The molecule has 0 saturated carbocycles. The molecule has 1 aliphatic carbocycles. The van der Waals surface area contributed by atoms with Crippen molar-refractivity contribution in [2.45, 2.75) is 44.9 Å². The van der Waals surface area contributed by atoms with E-state index in [1.807, 2.05) is 0 Å². The van der Waals surface area contributed by atoms with Crippen molar-refractivity contribution in [1.82, 2.24) is 19.6 Å². The SMILES string of the molecule is C[C@H]1CCCc2sc3ncn4nc(CCC(=O)[O-])nc4c3c21. The molecule has 0 bridgehead atoms. The van der Waals surface area contributed by atoms with Crippen molar-refractivity contribution in [2.75, 3.05) is 0 Å². The fourth-order valence-electron chi connectivity index (χ4n) is 3.25. The molecule has 0 aliphatic heterocycles. The Morgan fingerprint density at radius 1 is 1.55 bits per heavy atom. The number of aromatic nitrogens is 4. The van der Waals surface area contributed by atoms with Crippen LogP contribution in [0.4, 0.5) is 0 Å². The van der Waals surface area contributed by atoms with E-state index in [9.17, 15) is 9.90 Å². The third-order valence-electron chi connectivity index (χ3n) is 4.27. The molecule has 1 atom stereocenters. The lowest BCUT2D eigenvalue weighted by Crippen LogP contribution is -2.22. The van der Waals surface area contributed by atoms with Crippen LogP contribution in [0.3, 0.4) is 0 Å². The van der Waals surface area contributed by atoms with E-state index < -0.39 is 5.97 Å². The Kier molecular flexibility index (Phi) is 3.11. The highest BCUT2D eigenvalue weighted by Crippen LogP contribution is 2.42. The van der Waals surface area contributed by atoms with Crippen LogP contribution in [-0.4, -0.2) is 25.6 Å². The van der Waals surface area contributed by atoms with E-state index in [-0.39, 0.29) is 12.8 Å². The Morgan fingerprint density at radius 3 is 3.23 bits per heavy atom. The zero-order valence-corrected chi connectivity index (χ0v) is 13.0. The average Bonchev–Trinajstić information content (AvgIpc) is 3.05. The van der Waals surface area contributed by atoms with Gasteiger partial charge >= 0.3 is 0 Å². The van der Waals surface area contributed by atoms with Crippen molar-refractivity contribution < 1.29 is 9.90 Å². The number of hydrogen-bond acceptors (Lipinski definition) is 6. The van der Waals surface area contributed by atoms with Crippen molar-refractivity contribution in [3.63, 3.8) is 0 Å². The molecule has 0 saturated heterocycles. The molecule has 0 aromatic carbocycles. The number of rotatable bonds is 3. The van der Waals surface area contributed by atoms with Crippen LogP contribution in [0, 0.1) is 0 Å². The maximum absolute atomic E-state index is 10.6. The zero-order chi connectivity index (χ0) is 15.3. The first-order chi connectivity index (χ1) is 10.6. The first-order valence-electron chi connectivity index (χ1n) is 7.49. The van der Waals surface area contributed by atoms with Gasteiger partial charge in [-0.2, -0.15) is 0 Å². The minimum Gasteiger partial charge on any atom is -0.550 e. The van der Waals surface area contributed by atoms with Crippen molar-refractivity contribution >= 4 is 33.2 Å². The van der Waals surface area contributed by atoms with E-state index in [0.29, 0.717) is 11.7 Å². The molecule has 114 valence electrons. The summed E-state index contributed by atoms with van der Waals surface area (Å²) in [5.74, 6) is -0.0422. The molecule has 0 N–H and O–H groups in total. The summed E-state index contributed by atoms with van der Waals surface area (Å²) in [6, 6.07) is 0. The van der Waals surface area contributed by atoms with Gasteiger partial charge in [0, 0.05) is 17.3 Å². The number of carboxylic acid groups (broad SMARTS) is 1. The largest absolute Gasteiger partial charge is 0.550 e. The molecule has 0 radical (unpaired) electrons. The quantitative estimate of drug-likeness (QED) is 0.730. The van der Waals surface area contributed by atoms with Gasteiger partial charge in [0.25, 0.3) is 0 Å². The second-order valence-corrected chi connectivity index (χ2v) is 6.91. The standard InChI is InChI=1S/C15H16N4O2S/c1-8-3-2-4-9-12(8)13-14-17-10(5-6-11(20)21)18-19(14)7-16-15(13)22-9/h7-8H,2-6H2,1H3,(H,20,21)/p-1/t8-/m0/s1. The minimum atomic E-state index is -1.08. The highest BCUT2D eigenvalue weighted by Gasteiger charge is 2.25. The lowest BCUT2D eigenvalue weighted by atomic mass is 9.87. The zero-order valence-electron chi connectivity index (χ0n) is 12.2. The monoisotopic (exact) mass is 315 g/mol. The summed E-state index contributed by atoms with van der Waals surface area (Å²) < 4.78 is 1.67. The molecule has 3 heterocycles. The smallest absolute Gasteiger partial charge is 0.167 e. The molecular weight excluding hydrogens is 300 g/mol. The van der Waals surface area contributed by atoms with E-state index in [2.05, 4.69) is 22.0 Å². The maximum Gasteiger partial charge on any atom is 0.167 e. The molecule has 0 unspecified atom stereocenters. The van der Waals surface area contributed by atoms with Crippen LogP contribution in [0.25, 0.3) is 15.9 Å². The summed E-state index contributed by atoms with van der Waals surface area (Å²) in [5.41, 5.74) is 2.16. The highest BCUT2D eigenvalue weighted by atomic mass is 32.1. The Labute approximate surface area is 130 Å². The highest BCUT2D eigenvalue weighted by molar-refractivity contribution is 7.19. The Morgan fingerprint density at radius 2 is 2.41 bits per heavy atom. The van der Waals surface area contributed by atoms with Crippen molar-refractivity contribution in [1.29, 1.82) is 0 Å². The average molecular weight is 315 g/mol. The predicted octanol–water partition coefficient (Wildman–Crippen LogP) is 1.46. The fourth-order valence-corrected chi connectivity index (χ4v) is 4.55. The van der Waals surface area contributed by atoms with Crippen LogP contribution in [0.1, 0.15) is 48.4 Å². The van der Waals surface area contributed by atoms with Crippen LogP contribution < -0.4 is 5.11 Å². The number of hydrogen-bond donors (Lipinski definition) is 0. The number of carbonyl (C=O) groups is 1. The van der Waals surface area contributed by atoms with Gasteiger partial charge in [-0.3, -0.25) is 0 Å². The van der Waals surface area contributed by atoms with Gasteiger partial charge in [0.15, 0.2) is 11.5 Å². The minimum absolute atomic E-state index is 0.0639. The molecule has 4 rings (SSSR count). The number of aliphatic carboxylic acids is 1. The van der Waals surface area contributed by atoms with E-state index in [0.717, 1.165) is 22.3 Å². The van der Waals surface area contributed by atoms with Crippen molar-refractivity contribution in [3.05, 3.63) is 22.6 Å². The molecule has 0 spiro atoms. The van der Waals surface area contributed by atoms with Gasteiger partial charge in [0.2, 0.25) is 0 Å². The number of aryl methyl sites for hydroxylation is 2. The first kappa shape index (κ1) is 13.6. The van der Waals surface area contributed by atoms with Gasteiger partial charge in [0.1, 0.15) is 11.2 Å². The summed E-state index contributed by atoms with van der Waals surface area (Å²) in [5, 5.41) is 16.1. The molecule has 3 aromatic rings. The van der Waals surface area contributed by atoms with Gasteiger partial charge in [-0.05, 0) is 37.2 Å². The van der Waals surface area contributed by atoms with Crippen molar-refractivity contribution in [2.24, 2.45) is 0 Å². The lowest BCUT2D eigenvalue weighted by Gasteiger charge is -2.18. The van der Waals surface area contributed by atoms with Crippen LogP contribution in [0.2, 0.25) is 0 Å². The number of nitrogens with zero attached hydrogens (tertiary/aromatic N) is 4. The normalized spacial score (nSPS) is 18.0. The fraction of sp³-hybridized carbons (Fsp3) is 0.467. The summed E-state index contributed by atoms with van der Waals surface area (Å²) in [6.07, 6.45) is 5.41. The summed E-state index contributed by atoms with van der Waals surface area (Å²) in [7, 11) is 0. The Balaban J connectivity index is 1.90. The number of fused-ring (bicyclic) bond motifs is 5. The molecular formula is C15H15N4O2S-. The first-order valence-corrected chi connectivity index (χ1v) is 8.30. The summed E-state index contributed by atoms with van der Waals surface area (Å²) in [6.45, 7) is 2.25. The van der Waals surface area contributed by atoms with Gasteiger partial charge in [-0.1, -0.05) is 6.92 Å². The van der Waals surface area contributed by atoms with Crippen LogP contribution in [0.15, 0.2) is 6.33 Å². The number of carbonyl (C=O) groups excluding carboxylic acids is 1. The van der Waals surface area contributed by atoms with Gasteiger partial charge < -0.3 is 9.90 Å². The molecule has 3 aromatic heterocycles. The summed E-state index contributed by atoms with van der Waals surface area (Å²) in [4.78, 5) is 22.1. The van der Waals surface area contributed by atoms with E-state index in [1.54, 1.807) is 22.2 Å². The van der Waals surface area contributed by atoms with Crippen molar-refractivity contribution in [3.8, 4) is 0 Å². The number of thiophene rings is 1. The maximum atomic E-state index is 10.6. The second kappa shape index (κ2) is 5.01. The predicted molar refractivity (Wildman–Crippen MR) is 80.8 cm³/mol. The molecule has 7 heteroatoms. The molecule has 0 fully saturated rings. The second-order valence-electron chi connectivity index (χ2n) is 5.83. The third kappa shape index (κ3) is 2.08. The van der Waals surface area contributed by atoms with Crippen LogP contribution >= 0.6 is 11.3 Å². The molecule has 1 aliphatic rings. The number of carboxylic acids is 1. The molecule has 6 nitrogen and oxygen atoms in total. The topological polar surface area (TPSA) is 83.2 Å². The van der Waals surface area contributed by atoms with E-state index >= 15 is 0 Å². The molecule has 22 heavy (non-hydrogen) atoms. The van der Waals surface area contributed by atoms with E-state index in [4.69, 9.17) is 0 Å². The third-order valence-corrected chi connectivity index (χ3v) is 5.45.